The number of H-pyrrole nitrogens is 1. The summed E-state index contributed by atoms with van der Waals surface area (Å²) in [6.45, 7) is 0. The van der Waals surface area contributed by atoms with Crippen LogP contribution in [0, 0.1) is 0 Å². The van der Waals surface area contributed by atoms with Crippen LogP contribution >= 0.6 is 11.6 Å². The summed E-state index contributed by atoms with van der Waals surface area (Å²) in [7, 11) is 0. The average molecular weight is 382 g/mol. The van der Waals surface area contributed by atoms with Crippen LogP contribution in [0.3, 0.4) is 0 Å². The number of nitrogens with two attached hydrogens (primary N) is 2. The lowest BCUT2D eigenvalue weighted by molar-refractivity contribution is -0.137. The van der Waals surface area contributed by atoms with E-state index in [4.69, 9.17) is 23.1 Å². The van der Waals surface area contributed by atoms with Crippen molar-refractivity contribution in [2.24, 2.45) is 5.73 Å². The second kappa shape index (κ2) is 6.34. The first kappa shape index (κ1) is 17.7. The average Bonchev–Trinajstić information content (AvgIpc) is 2.99. The highest BCUT2D eigenvalue weighted by Crippen LogP contribution is 2.38. The molecule has 134 valence electrons. The number of amides is 1. The zero-order chi connectivity index (χ0) is 19.1. The number of alkyl halides is 3. The van der Waals surface area contributed by atoms with Crippen molar-refractivity contribution in [2.45, 2.75) is 6.18 Å². The van der Waals surface area contributed by atoms with E-state index in [0.717, 1.165) is 18.2 Å². The Morgan fingerprint density at radius 1 is 1.12 bits per heavy atom. The quantitative estimate of drug-likeness (QED) is 0.644. The number of primary amides is 1. The van der Waals surface area contributed by atoms with Crippen molar-refractivity contribution in [1.82, 2.24) is 15.0 Å². The van der Waals surface area contributed by atoms with Gasteiger partial charge >= 0.3 is 6.18 Å². The van der Waals surface area contributed by atoms with E-state index >= 15 is 0 Å². The molecule has 26 heavy (non-hydrogen) atoms. The fourth-order valence-electron chi connectivity index (χ4n) is 2.43. The van der Waals surface area contributed by atoms with E-state index in [1.165, 1.54) is 18.5 Å². The van der Waals surface area contributed by atoms with Crippen LogP contribution in [0.1, 0.15) is 16.1 Å². The molecule has 3 aromatic rings. The summed E-state index contributed by atoms with van der Waals surface area (Å²) in [5.74, 6) is -0.675. The van der Waals surface area contributed by atoms with Crippen molar-refractivity contribution >= 4 is 23.3 Å². The molecule has 0 atom stereocenters. The molecule has 0 spiro atoms. The molecule has 0 fully saturated rings. The molecule has 2 heterocycles. The number of carbonyl (C=O) groups excluding carboxylic acids is 1. The Morgan fingerprint density at radius 3 is 2.46 bits per heavy atom. The number of nitrogens with zero attached hydrogens (tertiary/aromatic N) is 2. The van der Waals surface area contributed by atoms with Gasteiger partial charge in [-0.25, -0.2) is 9.97 Å². The van der Waals surface area contributed by atoms with Crippen LogP contribution in [0.4, 0.5) is 19.0 Å². The number of hydrogen-bond acceptors (Lipinski definition) is 4. The van der Waals surface area contributed by atoms with E-state index in [1.54, 1.807) is 0 Å². The number of benzene rings is 1. The number of halogens is 4. The number of rotatable bonds is 3. The molecule has 0 aliphatic heterocycles. The molecule has 0 radical (unpaired) electrons. The maximum absolute atomic E-state index is 13.0. The van der Waals surface area contributed by atoms with Crippen LogP contribution in [0.15, 0.2) is 36.7 Å². The number of aromatic nitrogens is 3. The van der Waals surface area contributed by atoms with E-state index in [2.05, 4.69) is 15.0 Å². The van der Waals surface area contributed by atoms with Crippen molar-refractivity contribution in [3.05, 3.63) is 52.9 Å². The van der Waals surface area contributed by atoms with Crippen molar-refractivity contribution in [3.8, 4) is 22.5 Å². The molecule has 0 unspecified atom stereocenters. The van der Waals surface area contributed by atoms with Gasteiger partial charge in [-0.15, -0.1) is 0 Å². The van der Waals surface area contributed by atoms with Gasteiger partial charge in [-0.2, -0.15) is 13.2 Å². The summed E-state index contributed by atoms with van der Waals surface area (Å²) in [5.41, 5.74) is 10.8. The van der Waals surface area contributed by atoms with Gasteiger partial charge in [0.15, 0.2) is 0 Å². The minimum atomic E-state index is -4.56. The molecular formula is C16H11ClF3N5O. The molecule has 0 aliphatic rings. The first-order valence-corrected chi connectivity index (χ1v) is 7.52. The van der Waals surface area contributed by atoms with Gasteiger partial charge in [-0.05, 0) is 24.3 Å². The van der Waals surface area contributed by atoms with Crippen molar-refractivity contribution in [1.29, 1.82) is 0 Å². The first-order chi connectivity index (χ1) is 12.2. The minimum Gasteiger partial charge on any atom is -0.384 e. The van der Waals surface area contributed by atoms with Gasteiger partial charge in [0.2, 0.25) is 0 Å². The lowest BCUT2D eigenvalue weighted by atomic mass is 10.0. The van der Waals surface area contributed by atoms with Gasteiger partial charge in [-0.1, -0.05) is 11.6 Å². The van der Waals surface area contributed by atoms with Crippen LogP contribution in [-0.2, 0) is 6.18 Å². The number of hydrogen-bond donors (Lipinski definition) is 3. The number of aromatic amines is 1. The van der Waals surface area contributed by atoms with Crippen LogP contribution in [0.2, 0.25) is 5.02 Å². The summed E-state index contributed by atoms with van der Waals surface area (Å²) >= 11 is 6.06. The maximum atomic E-state index is 13.0. The third-order valence-electron chi connectivity index (χ3n) is 3.61. The lowest BCUT2D eigenvalue weighted by Gasteiger charge is -2.10. The minimum absolute atomic E-state index is 0.0137. The van der Waals surface area contributed by atoms with Gasteiger partial charge in [0.05, 0.1) is 17.0 Å². The molecular weight excluding hydrogens is 371 g/mol. The van der Waals surface area contributed by atoms with E-state index in [1.807, 2.05) is 0 Å². The van der Waals surface area contributed by atoms with E-state index in [0.29, 0.717) is 11.4 Å². The molecule has 5 N–H and O–H groups in total. The second-order valence-electron chi connectivity index (χ2n) is 5.36. The highest BCUT2D eigenvalue weighted by Gasteiger charge is 2.31. The number of nitrogens with one attached hydrogen (secondary N) is 1. The highest BCUT2D eigenvalue weighted by molar-refractivity contribution is 6.33. The molecule has 10 heteroatoms. The van der Waals surface area contributed by atoms with Crippen LogP contribution in [0.25, 0.3) is 22.5 Å². The molecule has 3 rings (SSSR count). The Labute approximate surface area is 150 Å². The largest absolute Gasteiger partial charge is 0.416 e. The molecule has 0 saturated heterocycles. The Hall–Kier alpha value is -3.07. The SMILES string of the molecule is NC(=O)c1[nH]c(-c2cc(N)ncn2)cc1-c1cc(C(F)(F)F)ccc1Cl. The topological polar surface area (TPSA) is 111 Å². The third kappa shape index (κ3) is 3.33. The van der Waals surface area contributed by atoms with Gasteiger partial charge < -0.3 is 16.5 Å². The van der Waals surface area contributed by atoms with Crippen molar-refractivity contribution < 1.29 is 18.0 Å². The van der Waals surface area contributed by atoms with Crippen molar-refractivity contribution in [3.63, 3.8) is 0 Å². The Kier molecular flexibility index (Phi) is 4.33. The lowest BCUT2D eigenvalue weighted by Crippen LogP contribution is -2.13. The van der Waals surface area contributed by atoms with E-state index in [-0.39, 0.29) is 27.7 Å². The van der Waals surface area contributed by atoms with Gasteiger partial charge in [0, 0.05) is 22.2 Å². The summed E-state index contributed by atoms with van der Waals surface area (Å²) in [6.07, 6.45) is -3.35. The first-order valence-electron chi connectivity index (χ1n) is 7.14. The second-order valence-corrected chi connectivity index (χ2v) is 5.76. The predicted molar refractivity (Wildman–Crippen MR) is 90.2 cm³/mol. The molecule has 0 aliphatic carbocycles. The van der Waals surface area contributed by atoms with Crippen molar-refractivity contribution in [2.75, 3.05) is 5.73 Å². The number of carbonyl (C=O) groups is 1. The van der Waals surface area contributed by atoms with E-state index in [9.17, 15) is 18.0 Å². The fourth-order valence-corrected chi connectivity index (χ4v) is 2.65. The molecule has 6 nitrogen and oxygen atoms in total. The van der Waals surface area contributed by atoms with Crippen LogP contribution in [0.5, 0.6) is 0 Å². The normalized spacial score (nSPS) is 11.5. The van der Waals surface area contributed by atoms with Crippen LogP contribution < -0.4 is 11.5 Å². The van der Waals surface area contributed by atoms with Gasteiger partial charge in [-0.3, -0.25) is 4.79 Å². The Balaban J connectivity index is 2.21. The number of nitrogen functional groups attached to an aromatic ring is 1. The molecule has 1 amide bonds. The van der Waals surface area contributed by atoms with Gasteiger partial charge in [0.1, 0.15) is 17.8 Å². The highest BCUT2D eigenvalue weighted by atomic mass is 35.5. The smallest absolute Gasteiger partial charge is 0.384 e. The maximum Gasteiger partial charge on any atom is 0.416 e. The van der Waals surface area contributed by atoms with Gasteiger partial charge in [0.25, 0.3) is 5.91 Å². The Bertz CT molecular complexity index is 1000. The fraction of sp³-hybridized carbons (Fsp3) is 0.0625. The molecule has 1 aromatic carbocycles. The monoisotopic (exact) mass is 381 g/mol. The molecule has 0 bridgehead atoms. The summed E-state index contributed by atoms with van der Waals surface area (Å²) in [5, 5.41) is 0.0354. The number of anilines is 1. The molecule has 2 aromatic heterocycles. The Morgan fingerprint density at radius 2 is 1.85 bits per heavy atom. The zero-order valence-electron chi connectivity index (χ0n) is 12.9. The zero-order valence-corrected chi connectivity index (χ0v) is 13.7. The molecule has 0 saturated carbocycles. The standard InChI is InChI=1S/C16H11ClF3N5O/c17-10-2-1-7(16(18,19)20)3-8(10)9-4-12(25-14(9)15(22)26)11-5-13(21)24-6-23-11/h1-6,25H,(H2,22,26)(H2,21,23,24). The van der Waals surface area contributed by atoms with Crippen LogP contribution in [-0.4, -0.2) is 20.9 Å². The predicted octanol–water partition coefficient (Wildman–Crippen LogP) is 3.49. The summed E-state index contributed by atoms with van der Waals surface area (Å²) in [4.78, 5) is 22.3. The van der Waals surface area contributed by atoms with E-state index < -0.39 is 17.6 Å². The summed E-state index contributed by atoms with van der Waals surface area (Å²) in [6, 6.07) is 5.70. The third-order valence-corrected chi connectivity index (χ3v) is 3.94. The summed E-state index contributed by atoms with van der Waals surface area (Å²) < 4.78 is 39.0.